The van der Waals surface area contributed by atoms with Crippen molar-refractivity contribution < 1.29 is 9.53 Å². The highest BCUT2D eigenvalue weighted by molar-refractivity contribution is 6.31. The van der Waals surface area contributed by atoms with Crippen LogP contribution in [0.4, 0.5) is 5.69 Å². The van der Waals surface area contributed by atoms with Crippen molar-refractivity contribution in [3.63, 3.8) is 0 Å². The number of hydrogen-bond acceptors (Lipinski definition) is 3. The molecule has 1 fully saturated rings. The highest BCUT2D eigenvalue weighted by Gasteiger charge is 2.42. The van der Waals surface area contributed by atoms with Gasteiger partial charge in [0.15, 0.2) is 0 Å². The molecular formula is C21H25ClN2O2. The van der Waals surface area contributed by atoms with Gasteiger partial charge in [0, 0.05) is 11.1 Å². The molecule has 0 spiro atoms. The van der Waals surface area contributed by atoms with Crippen LogP contribution < -0.4 is 10.1 Å². The van der Waals surface area contributed by atoms with Gasteiger partial charge in [-0.3, -0.25) is 4.79 Å². The van der Waals surface area contributed by atoms with Crippen LogP contribution in [0.5, 0.6) is 5.88 Å². The summed E-state index contributed by atoms with van der Waals surface area (Å²) in [6.07, 6.45) is 4.83. The SMILES string of the molecule is CCOc1ccc(NC(=O)C2(c3ccccc3Cl)CCCCC2)c(C)n1. The monoisotopic (exact) mass is 372 g/mol. The second-order valence-corrected chi connectivity index (χ2v) is 7.20. The number of carbonyl (C=O) groups is 1. The van der Waals surface area contributed by atoms with Crippen molar-refractivity contribution in [2.75, 3.05) is 11.9 Å². The lowest BCUT2D eigenvalue weighted by atomic mass is 9.68. The smallest absolute Gasteiger partial charge is 0.235 e. The molecule has 0 radical (unpaired) electrons. The number of aryl methyl sites for hydroxylation is 1. The first kappa shape index (κ1) is 18.7. The van der Waals surface area contributed by atoms with Crippen molar-refractivity contribution in [3.05, 3.63) is 52.7 Å². The molecule has 138 valence electrons. The minimum absolute atomic E-state index is 0.000593. The van der Waals surface area contributed by atoms with Gasteiger partial charge in [-0.15, -0.1) is 0 Å². The van der Waals surface area contributed by atoms with Crippen LogP contribution in [0.15, 0.2) is 36.4 Å². The van der Waals surface area contributed by atoms with Gasteiger partial charge in [-0.25, -0.2) is 4.98 Å². The molecule has 2 aromatic rings. The third kappa shape index (κ3) is 3.70. The Morgan fingerprint density at radius 1 is 1.19 bits per heavy atom. The molecule has 0 unspecified atom stereocenters. The van der Waals surface area contributed by atoms with Gasteiger partial charge < -0.3 is 10.1 Å². The molecule has 1 aliphatic carbocycles. The summed E-state index contributed by atoms with van der Waals surface area (Å²) in [6.45, 7) is 4.36. The number of halogens is 1. The normalized spacial score (nSPS) is 16.1. The fourth-order valence-electron chi connectivity index (χ4n) is 3.76. The van der Waals surface area contributed by atoms with E-state index in [2.05, 4.69) is 10.3 Å². The summed E-state index contributed by atoms with van der Waals surface area (Å²) < 4.78 is 5.43. The Labute approximate surface area is 159 Å². The second kappa shape index (κ2) is 8.09. The number of pyridine rings is 1. The summed E-state index contributed by atoms with van der Waals surface area (Å²) >= 11 is 6.47. The van der Waals surface area contributed by atoms with Gasteiger partial charge in [-0.2, -0.15) is 0 Å². The molecule has 1 N–H and O–H groups in total. The Bertz CT molecular complexity index is 785. The van der Waals surface area contributed by atoms with Crippen LogP contribution in [0, 0.1) is 6.92 Å². The number of ether oxygens (including phenoxy) is 1. The summed E-state index contributed by atoms with van der Waals surface area (Å²) in [5.74, 6) is 0.570. The first-order valence-electron chi connectivity index (χ1n) is 9.24. The molecule has 5 heteroatoms. The number of hydrogen-bond donors (Lipinski definition) is 1. The van der Waals surface area contributed by atoms with E-state index in [1.165, 1.54) is 0 Å². The average molecular weight is 373 g/mol. The highest BCUT2D eigenvalue weighted by Crippen LogP contribution is 2.43. The van der Waals surface area contributed by atoms with E-state index in [4.69, 9.17) is 16.3 Å². The Morgan fingerprint density at radius 3 is 2.58 bits per heavy atom. The van der Waals surface area contributed by atoms with Crippen LogP contribution in [0.2, 0.25) is 5.02 Å². The molecule has 4 nitrogen and oxygen atoms in total. The van der Waals surface area contributed by atoms with Gasteiger partial charge in [0.2, 0.25) is 11.8 Å². The van der Waals surface area contributed by atoms with E-state index in [0.717, 1.165) is 49.0 Å². The van der Waals surface area contributed by atoms with Crippen molar-refractivity contribution in [1.29, 1.82) is 0 Å². The van der Waals surface area contributed by atoms with Crippen LogP contribution in [0.1, 0.15) is 50.3 Å². The van der Waals surface area contributed by atoms with Crippen LogP contribution in [-0.2, 0) is 10.2 Å². The fraction of sp³-hybridized carbons (Fsp3) is 0.429. The van der Waals surface area contributed by atoms with Gasteiger partial charge in [-0.05, 0) is 44.4 Å². The topological polar surface area (TPSA) is 51.2 Å². The lowest BCUT2D eigenvalue weighted by Crippen LogP contribution is -2.42. The number of aromatic nitrogens is 1. The van der Waals surface area contributed by atoms with E-state index >= 15 is 0 Å². The number of rotatable bonds is 5. The number of carbonyl (C=O) groups excluding carboxylic acids is 1. The summed E-state index contributed by atoms with van der Waals surface area (Å²) in [4.78, 5) is 17.8. The summed E-state index contributed by atoms with van der Waals surface area (Å²) in [5.41, 5.74) is 1.81. The van der Waals surface area contributed by atoms with E-state index in [1.54, 1.807) is 6.07 Å². The number of amides is 1. The molecule has 26 heavy (non-hydrogen) atoms. The van der Waals surface area contributed by atoms with Crippen LogP contribution in [0.25, 0.3) is 0 Å². The molecular weight excluding hydrogens is 348 g/mol. The zero-order chi connectivity index (χ0) is 18.6. The maximum absolute atomic E-state index is 13.4. The van der Waals surface area contributed by atoms with E-state index in [1.807, 2.05) is 44.2 Å². The standard InChI is InChI=1S/C21H25ClN2O2/c1-3-26-19-12-11-18(15(2)23-19)24-20(25)21(13-7-4-8-14-21)16-9-5-6-10-17(16)22/h5-6,9-12H,3-4,7-8,13-14H2,1-2H3,(H,24,25). The number of benzene rings is 1. The summed E-state index contributed by atoms with van der Waals surface area (Å²) in [7, 11) is 0. The highest BCUT2D eigenvalue weighted by atomic mass is 35.5. The molecule has 0 aliphatic heterocycles. The third-order valence-electron chi connectivity index (χ3n) is 5.13. The zero-order valence-electron chi connectivity index (χ0n) is 15.3. The van der Waals surface area contributed by atoms with Crippen molar-refractivity contribution in [3.8, 4) is 5.88 Å². The Hall–Kier alpha value is -2.07. The largest absolute Gasteiger partial charge is 0.478 e. The van der Waals surface area contributed by atoms with Crippen LogP contribution >= 0.6 is 11.6 Å². The quantitative estimate of drug-likeness (QED) is 0.776. The predicted octanol–water partition coefficient (Wildman–Crippen LogP) is 5.28. The minimum atomic E-state index is -0.582. The van der Waals surface area contributed by atoms with E-state index < -0.39 is 5.41 Å². The van der Waals surface area contributed by atoms with Crippen molar-refractivity contribution in [2.45, 2.75) is 51.4 Å². The zero-order valence-corrected chi connectivity index (χ0v) is 16.1. The fourth-order valence-corrected chi connectivity index (χ4v) is 4.08. The van der Waals surface area contributed by atoms with Gasteiger partial charge >= 0.3 is 0 Å². The maximum atomic E-state index is 13.4. The average Bonchev–Trinajstić information content (AvgIpc) is 2.65. The van der Waals surface area contributed by atoms with Crippen molar-refractivity contribution >= 4 is 23.2 Å². The molecule has 1 saturated carbocycles. The number of nitrogens with one attached hydrogen (secondary N) is 1. The molecule has 1 amide bonds. The Balaban J connectivity index is 1.91. The van der Waals surface area contributed by atoms with E-state index in [0.29, 0.717) is 17.5 Å². The van der Waals surface area contributed by atoms with E-state index in [-0.39, 0.29) is 5.91 Å². The molecule has 3 rings (SSSR count). The molecule has 1 heterocycles. The molecule has 0 saturated heterocycles. The number of nitrogens with zero attached hydrogens (tertiary/aromatic N) is 1. The molecule has 1 aromatic heterocycles. The van der Waals surface area contributed by atoms with Crippen molar-refractivity contribution in [1.82, 2.24) is 4.98 Å². The third-order valence-corrected chi connectivity index (χ3v) is 5.46. The van der Waals surface area contributed by atoms with Crippen LogP contribution in [-0.4, -0.2) is 17.5 Å². The molecule has 0 bridgehead atoms. The summed E-state index contributed by atoms with van der Waals surface area (Å²) in [6, 6.07) is 11.3. The first-order valence-corrected chi connectivity index (χ1v) is 9.61. The minimum Gasteiger partial charge on any atom is -0.478 e. The number of anilines is 1. The van der Waals surface area contributed by atoms with Gasteiger partial charge in [0.25, 0.3) is 0 Å². The second-order valence-electron chi connectivity index (χ2n) is 6.79. The van der Waals surface area contributed by atoms with Gasteiger partial charge in [0.1, 0.15) is 0 Å². The summed E-state index contributed by atoms with van der Waals surface area (Å²) in [5, 5.41) is 3.76. The van der Waals surface area contributed by atoms with Gasteiger partial charge in [-0.1, -0.05) is 49.1 Å². The first-order chi connectivity index (χ1) is 12.6. The molecule has 0 atom stereocenters. The maximum Gasteiger partial charge on any atom is 0.235 e. The van der Waals surface area contributed by atoms with Gasteiger partial charge in [0.05, 0.1) is 23.4 Å². The van der Waals surface area contributed by atoms with Crippen LogP contribution in [0.3, 0.4) is 0 Å². The van der Waals surface area contributed by atoms with Crippen molar-refractivity contribution in [2.24, 2.45) is 0 Å². The lowest BCUT2D eigenvalue weighted by molar-refractivity contribution is -0.122. The molecule has 1 aromatic carbocycles. The van der Waals surface area contributed by atoms with E-state index in [9.17, 15) is 4.79 Å². The Morgan fingerprint density at radius 2 is 1.92 bits per heavy atom. The predicted molar refractivity (Wildman–Crippen MR) is 105 cm³/mol. The lowest BCUT2D eigenvalue weighted by Gasteiger charge is -2.37. The molecule has 1 aliphatic rings. The Kier molecular flexibility index (Phi) is 5.82.